The van der Waals surface area contributed by atoms with E-state index < -0.39 is 0 Å². The lowest BCUT2D eigenvalue weighted by Gasteiger charge is -2.14. The van der Waals surface area contributed by atoms with Gasteiger partial charge in [-0.3, -0.25) is 0 Å². The molecule has 1 aliphatic carbocycles. The topological polar surface area (TPSA) is 55.6 Å². The Balaban J connectivity index is 1.90. The van der Waals surface area contributed by atoms with Crippen molar-refractivity contribution in [2.75, 3.05) is 6.54 Å². The lowest BCUT2D eigenvalue weighted by Crippen LogP contribution is -2.21. The lowest BCUT2D eigenvalue weighted by molar-refractivity contribution is 0.353. The quantitative estimate of drug-likeness (QED) is 0.700. The Bertz CT molecular complexity index is 342. The van der Waals surface area contributed by atoms with Crippen molar-refractivity contribution in [3.63, 3.8) is 0 Å². The maximum Gasteiger partial charge on any atom is 0.165 e. The molecule has 1 aromatic heterocycles. The summed E-state index contributed by atoms with van der Waals surface area (Å²) >= 11 is 0. The second kappa shape index (κ2) is 5.58. The van der Waals surface area contributed by atoms with Crippen molar-refractivity contribution >= 4 is 0 Å². The second-order valence-corrected chi connectivity index (χ2v) is 5.18. The number of hydrogen-bond donors (Lipinski definition) is 1. The molecule has 0 aliphatic heterocycles. The van der Waals surface area contributed by atoms with Gasteiger partial charge < -0.3 is 5.32 Å². The molecule has 0 aromatic carbocycles. The second-order valence-electron chi connectivity index (χ2n) is 5.18. The highest BCUT2D eigenvalue weighted by atomic mass is 15.5. The predicted molar refractivity (Wildman–Crippen MR) is 66.4 cm³/mol. The molecule has 1 N–H and O–H groups in total. The average Bonchev–Trinajstić information content (AvgIpc) is 2.92. The van der Waals surface area contributed by atoms with Gasteiger partial charge in [-0.15, -0.1) is 5.10 Å². The third-order valence-corrected chi connectivity index (χ3v) is 3.54. The highest BCUT2D eigenvalue weighted by Gasteiger charge is 2.42. The third-order valence-electron chi connectivity index (χ3n) is 3.54. The van der Waals surface area contributed by atoms with E-state index in [1.54, 1.807) is 0 Å². The van der Waals surface area contributed by atoms with E-state index in [1.807, 2.05) is 4.68 Å². The zero-order valence-corrected chi connectivity index (χ0v) is 10.9. The third kappa shape index (κ3) is 3.25. The standard InChI is InChI=1S/C12H23N5/c1-3-5-12(6-7-12)10-17-11(14-15-16-17)9-13-8-4-2/h13H,3-10H2,1-2H3. The Hall–Kier alpha value is -0.970. The van der Waals surface area contributed by atoms with Crippen molar-refractivity contribution in [2.24, 2.45) is 5.41 Å². The van der Waals surface area contributed by atoms with Crippen LogP contribution in [0.5, 0.6) is 0 Å². The van der Waals surface area contributed by atoms with E-state index in [4.69, 9.17) is 0 Å². The van der Waals surface area contributed by atoms with Crippen molar-refractivity contribution < 1.29 is 0 Å². The summed E-state index contributed by atoms with van der Waals surface area (Å²) < 4.78 is 1.99. The number of rotatable bonds is 8. The van der Waals surface area contributed by atoms with Gasteiger partial charge in [0.1, 0.15) is 0 Å². The normalized spacial score (nSPS) is 17.3. The number of tetrazole rings is 1. The van der Waals surface area contributed by atoms with Crippen molar-refractivity contribution in [3.8, 4) is 0 Å². The summed E-state index contributed by atoms with van der Waals surface area (Å²) in [5.74, 6) is 0.973. The molecule has 1 heterocycles. The van der Waals surface area contributed by atoms with E-state index in [1.165, 1.54) is 25.7 Å². The molecular formula is C12H23N5. The van der Waals surface area contributed by atoms with E-state index in [-0.39, 0.29) is 0 Å². The van der Waals surface area contributed by atoms with Crippen LogP contribution in [-0.4, -0.2) is 26.8 Å². The summed E-state index contributed by atoms with van der Waals surface area (Å²) in [6.07, 6.45) is 6.37. The van der Waals surface area contributed by atoms with Crippen LogP contribution in [0.1, 0.15) is 51.8 Å². The number of hydrogen-bond acceptors (Lipinski definition) is 4. The first kappa shape index (κ1) is 12.5. The Labute approximate surface area is 103 Å². The summed E-state index contributed by atoms with van der Waals surface area (Å²) in [5, 5.41) is 15.4. The van der Waals surface area contributed by atoms with Crippen LogP contribution in [0.15, 0.2) is 0 Å². The van der Waals surface area contributed by atoms with Crippen molar-refractivity contribution in [2.45, 2.75) is 59.0 Å². The molecule has 0 bridgehead atoms. The Morgan fingerprint density at radius 1 is 1.29 bits per heavy atom. The van der Waals surface area contributed by atoms with Gasteiger partial charge in [-0.25, -0.2) is 4.68 Å². The van der Waals surface area contributed by atoms with Crippen LogP contribution >= 0.6 is 0 Å². The van der Waals surface area contributed by atoms with Crippen LogP contribution in [0.4, 0.5) is 0 Å². The van der Waals surface area contributed by atoms with Crippen LogP contribution < -0.4 is 5.32 Å². The zero-order valence-electron chi connectivity index (χ0n) is 10.9. The van der Waals surface area contributed by atoms with Gasteiger partial charge in [0, 0.05) is 0 Å². The van der Waals surface area contributed by atoms with E-state index in [2.05, 4.69) is 34.7 Å². The van der Waals surface area contributed by atoms with Crippen molar-refractivity contribution in [1.82, 2.24) is 25.5 Å². The van der Waals surface area contributed by atoms with Gasteiger partial charge in [0.15, 0.2) is 5.82 Å². The van der Waals surface area contributed by atoms with Crippen molar-refractivity contribution in [1.29, 1.82) is 0 Å². The molecule has 1 saturated carbocycles. The molecule has 0 unspecified atom stereocenters. The van der Waals surface area contributed by atoms with E-state index in [9.17, 15) is 0 Å². The largest absolute Gasteiger partial charge is 0.310 e. The van der Waals surface area contributed by atoms with Crippen LogP contribution in [0.2, 0.25) is 0 Å². The molecule has 0 spiro atoms. The Kier molecular flexibility index (Phi) is 4.10. The maximum absolute atomic E-state index is 4.12. The summed E-state index contributed by atoms with van der Waals surface area (Å²) in [6, 6.07) is 0. The first-order chi connectivity index (χ1) is 8.29. The molecule has 17 heavy (non-hydrogen) atoms. The minimum atomic E-state index is 0.504. The fourth-order valence-corrected chi connectivity index (χ4v) is 2.36. The van der Waals surface area contributed by atoms with Crippen LogP contribution in [0.25, 0.3) is 0 Å². The smallest absolute Gasteiger partial charge is 0.165 e. The summed E-state index contributed by atoms with van der Waals surface area (Å²) in [7, 11) is 0. The van der Waals surface area contributed by atoms with Gasteiger partial charge in [0.05, 0.1) is 13.1 Å². The first-order valence-electron chi connectivity index (χ1n) is 6.75. The number of nitrogens with one attached hydrogen (secondary N) is 1. The van der Waals surface area contributed by atoms with Gasteiger partial charge >= 0.3 is 0 Å². The molecule has 5 nitrogen and oxygen atoms in total. The summed E-state index contributed by atoms with van der Waals surface area (Å²) in [6.45, 7) is 7.22. The molecule has 5 heteroatoms. The molecule has 2 rings (SSSR count). The summed E-state index contributed by atoms with van der Waals surface area (Å²) in [4.78, 5) is 0. The van der Waals surface area contributed by atoms with Crippen LogP contribution in [0, 0.1) is 5.41 Å². The molecular weight excluding hydrogens is 214 g/mol. The fraction of sp³-hybridized carbons (Fsp3) is 0.917. The van der Waals surface area contributed by atoms with Crippen LogP contribution in [0.3, 0.4) is 0 Å². The predicted octanol–water partition coefficient (Wildman–Crippen LogP) is 1.75. The average molecular weight is 237 g/mol. The van der Waals surface area contributed by atoms with E-state index in [0.717, 1.165) is 31.9 Å². The lowest BCUT2D eigenvalue weighted by atomic mass is 10.0. The number of aromatic nitrogens is 4. The number of nitrogens with zero attached hydrogens (tertiary/aromatic N) is 4. The molecule has 1 aliphatic rings. The van der Waals surface area contributed by atoms with Gasteiger partial charge in [0.2, 0.25) is 0 Å². The maximum atomic E-state index is 4.12. The van der Waals surface area contributed by atoms with Gasteiger partial charge in [-0.2, -0.15) is 0 Å². The Morgan fingerprint density at radius 3 is 2.76 bits per heavy atom. The van der Waals surface area contributed by atoms with E-state index in [0.29, 0.717) is 5.41 Å². The fourth-order valence-electron chi connectivity index (χ4n) is 2.36. The minimum absolute atomic E-state index is 0.504. The molecule has 1 aromatic rings. The van der Waals surface area contributed by atoms with Gasteiger partial charge in [-0.05, 0) is 48.1 Å². The SMILES string of the molecule is CCCNCc1nnnn1CC1(CCC)CC1. The monoisotopic (exact) mass is 237 g/mol. The Morgan fingerprint density at radius 2 is 2.12 bits per heavy atom. The molecule has 1 fully saturated rings. The molecule has 0 amide bonds. The molecule has 0 radical (unpaired) electrons. The minimum Gasteiger partial charge on any atom is -0.310 e. The van der Waals surface area contributed by atoms with Gasteiger partial charge in [-0.1, -0.05) is 20.3 Å². The zero-order chi connectivity index (χ0) is 12.1. The summed E-state index contributed by atoms with van der Waals surface area (Å²) in [5.41, 5.74) is 0.504. The molecule has 0 atom stereocenters. The molecule has 96 valence electrons. The van der Waals surface area contributed by atoms with E-state index >= 15 is 0 Å². The first-order valence-corrected chi connectivity index (χ1v) is 6.75. The highest BCUT2D eigenvalue weighted by Crippen LogP contribution is 2.50. The molecule has 0 saturated heterocycles. The van der Waals surface area contributed by atoms with Gasteiger partial charge in [0.25, 0.3) is 0 Å². The highest BCUT2D eigenvalue weighted by molar-refractivity contribution is 4.94. The van der Waals surface area contributed by atoms with Crippen LogP contribution in [-0.2, 0) is 13.1 Å². The van der Waals surface area contributed by atoms with Crippen molar-refractivity contribution in [3.05, 3.63) is 5.82 Å².